The molecule has 0 radical (unpaired) electrons. The first-order valence-corrected chi connectivity index (χ1v) is 6.48. The molecule has 1 aromatic rings. The van der Waals surface area contributed by atoms with Crippen molar-refractivity contribution >= 4 is 12.4 Å². The van der Waals surface area contributed by atoms with Crippen LogP contribution in [0.25, 0.3) is 0 Å². The van der Waals surface area contributed by atoms with Crippen molar-refractivity contribution in [2.45, 2.75) is 25.4 Å². The average molecular weight is 284 g/mol. The molecule has 19 heavy (non-hydrogen) atoms. The maximum atomic E-state index is 6.02. The van der Waals surface area contributed by atoms with Crippen LogP contribution < -0.4 is 14.8 Å². The molecule has 0 spiro atoms. The zero-order valence-corrected chi connectivity index (χ0v) is 12.2. The summed E-state index contributed by atoms with van der Waals surface area (Å²) >= 11 is 0. The number of benzene rings is 1. The van der Waals surface area contributed by atoms with Crippen molar-refractivity contribution in [3.8, 4) is 11.5 Å². The SMILES string of the molecule is C=CCc1ccc(OC2CCNCC2)c(OC)c1.Cl. The molecule has 1 heterocycles. The molecule has 1 aliphatic heterocycles. The van der Waals surface area contributed by atoms with Gasteiger partial charge in [-0.25, -0.2) is 0 Å². The normalized spacial score (nSPS) is 15.4. The third-order valence-corrected chi connectivity index (χ3v) is 3.19. The van der Waals surface area contributed by atoms with E-state index in [0.29, 0.717) is 6.10 Å². The van der Waals surface area contributed by atoms with E-state index >= 15 is 0 Å². The van der Waals surface area contributed by atoms with Crippen molar-refractivity contribution in [2.75, 3.05) is 20.2 Å². The molecule has 1 aromatic carbocycles. The fourth-order valence-electron chi connectivity index (χ4n) is 2.20. The number of piperidine rings is 1. The van der Waals surface area contributed by atoms with Gasteiger partial charge in [0.2, 0.25) is 0 Å². The van der Waals surface area contributed by atoms with E-state index in [-0.39, 0.29) is 12.4 Å². The van der Waals surface area contributed by atoms with Gasteiger partial charge in [-0.15, -0.1) is 19.0 Å². The molecule has 3 nitrogen and oxygen atoms in total. The summed E-state index contributed by atoms with van der Waals surface area (Å²) in [4.78, 5) is 0. The second-order valence-corrected chi connectivity index (χ2v) is 4.55. The highest BCUT2D eigenvalue weighted by atomic mass is 35.5. The lowest BCUT2D eigenvalue weighted by atomic mass is 10.1. The Kier molecular flexibility index (Phi) is 6.74. The van der Waals surface area contributed by atoms with Gasteiger partial charge in [-0.05, 0) is 50.0 Å². The van der Waals surface area contributed by atoms with E-state index < -0.39 is 0 Å². The molecule has 1 fully saturated rings. The number of allylic oxidation sites excluding steroid dienone is 1. The number of nitrogens with one attached hydrogen (secondary N) is 1. The fourth-order valence-corrected chi connectivity index (χ4v) is 2.20. The van der Waals surface area contributed by atoms with Crippen molar-refractivity contribution in [3.63, 3.8) is 0 Å². The van der Waals surface area contributed by atoms with Gasteiger partial charge in [-0.1, -0.05) is 12.1 Å². The van der Waals surface area contributed by atoms with E-state index in [1.165, 1.54) is 5.56 Å². The van der Waals surface area contributed by atoms with Gasteiger partial charge < -0.3 is 14.8 Å². The summed E-state index contributed by atoms with van der Waals surface area (Å²) in [5.74, 6) is 1.66. The van der Waals surface area contributed by atoms with Gasteiger partial charge in [0.1, 0.15) is 6.10 Å². The first-order valence-electron chi connectivity index (χ1n) is 6.48. The lowest BCUT2D eigenvalue weighted by Crippen LogP contribution is -2.34. The predicted octanol–water partition coefficient (Wildman–Crippen LogP) is 2.98. The summed E-state index contributed by atoms with van der Waals surface area (Å²) in [5, 5.41) is 3.33. The zero-order valence-electron chi connectivity index (χ0n) is 11.4. The molecule has 0 aliphatic carbocycles. The Bertz CT molecular complexity index is 403. The summed E-state index contributed by atoms with van der Waals surface area (Å²) in [6, 6.07) is 6.10. The maximum absolute atomic E-state index is 6.02. The van der Waals surface area contributed by atoms with Crippen LogP contribution >= 0.6 is 12.4 Å². The lowest BCUT2D eigenvalue weighted by Gasteiger charge is -2.24. The summed E-state index contributed by atoms with van der Waals surface area (Å²) in [7, 11) is 1.68. The van der Waals surface area contributed by atoms with E-state index in [1.807, 2.05) is 18.2 Å². The molecule has 0 unspecified atom stereocenters. The first kappa shape index (κ1) is 15.9. The van der Waals surface area contributed by atoms with Crippen LogP contribution in [-0.2, 0) is 6.42 Å². The highest BCUT2D eigenvalue weighted by molar-refractivity contribution is 5.85. The van der Waals surface area contributed by atoms with E-state index in [2.05, 4.69) is 18.0 Å². The molecule has 2 rings (SSSR count). The Morgan fingerprint density at radius 2 is 2.05 bits per heavy atom. The van der Waals surface area contributed by atoms with Gasteiger partial charge in [0.25, 0.3) is 0 Å². The molecule has 0 aromatic heterocycles. The van der Waals surface area contributed by atoms with Gasteiger partial charge in [0.05, 0.1) is 7.11 Å². The summed E-state index contributed by atoms with van der Waals surface area (Å²) in [5.41, 5.74) is 1.19. The first-order chi connectivity index (χ1) is 8.83. The third-order valence-electron chi connectivity index (χ3n) is 3.19. The van der Waals surface area contributed by atoms with Crippen LogP contribution in [0.1, 0.15) is 18.4 Å². The molecule has 1 aliphatic rings. The van der Waals surface area contributed by atoms with Gasteiger partial charge in [-0.2, -0.15) is 0 Å². The Balaban J connectivity index is 0.00000180. The minimum absolute atomic E-state index is 0. The van der Waals surface area contributed by atoms with Crippen LogP contribution in [-0.4, -0.2) is 26.3 Å². The third kappa shape index (κ3) is 4.44. The highest BCUT2D eigenvalue weighted by Crippen LogP contribution is 2.30. The zero-order chi connectivity index (χ0) is 12.8. The molecule has 1 saturated heterocycles. The fraction of sp³-hybridized carbons (Fsp3) is 0.467. The van der Waals surface area contributed by atoms with Crippen LogP contribution in [0.15, 0.2) is 30.9 Å². The molecule has 4 heteroatoms. The number of methoxy groups -OCH3 is 1. The average Bonchev–Trinajstić information content (AvgIpc) is 2.42. The van der Waals surface area contributed by atoms with E-state index in [1.54, 1.807) is 7.11 Å². The van der Waals surface area contributed by atoms with Crippen molar-refractivity contribution in [1.82, 2.24) is 5.32 Å². The quantitative estimate of drug-likeness (QED) is 0.843. The highest BCUT2D eigenvalue weighted by Gasteiger charge is 2.16. The lowest BCUT2D eigenvalue weighted by molar-refractivity contribution is 0.156. The van der Waals surface area contributed by atoms with Crippen molar-refractivity contribution in [1.29, 1.82) is 0 Å². The van der Waals surface area contributed by atoms with Gasteiger partial charge in [-0.3, -0.25) is 0 Å². The second-order valence-electron chi connectivity index (χ2n) is 4.55. The smallest absolute Gasteiger partial charge is 0.161 e. The second kappa shape index (κ2) is 8.08. The number of hydrogen-bond acceptors (Lipinski definition) is 3. The van der Waals surface area contributed by atoms with E-state index in [4.69, 9.17) is 9.47 Å². The number of rotatable bonds is 5. The molecule has 1 N–H and O–H groups in total. The van der Waals surface area contributed by atoms with Crippen molar-refractivity contribution < 1.29 is 9.47 Å². The standard InChI is InChI=1S/C15H21NO2.ClH/c1-3-4-12-5-6-14(15(11-12)17-2)18-13-7-9-16-10-8-13;/h3,5-6,11,13,16H,1,4,7-10H2,2H3;1H. The Hall–Kier alpha value is -1.19. The van der Waals surface area contributed by atoms with Crippen LogP contribution in [0.5, 0.6) is 11.5 Å². The number of hydrogen-bond donors (Lipinski definition) is 1. The Morgan fingerprint density at radius 3 is 2.68 bits per heavy atom. The minimum atomic E-state index is 0. The molecular weight excluding hydrogens is 262 g/mol. The largest absolute Gasteiger partial charge is 0.493 e. The topological polar surface area (TPSA) is 30.5 Å². The molecule has 0 atom stereocenters. The van der Waals surface area contributed by atoms with Gasteiger partial charge in [0, 0.05) is 0 Å². The van der Waals surface area contributed by atoms with Crippen LogP contribution in [0.4, 0.5) is 0 Å². The van der Waals surface area contributed by atoms with Crippen molar-refractivity contribution in [2.24, 2.45) is 0 Å². The predicted molar refractivity (Wildman–Crippen MR) is 80.7 cm³/mol. The summed E-state index contributed by atoms with van der Waals surface area (Å²) in [6.45, 7) is 5.81. The Morgan fingerprint density at radius 1 is 1.32 bits per heavy atom. The maximum Gasteiger partial charge on any atom is 0.161 e. The minimum Gasteiger partial charge on any atom is -0.493 e. The van der Waals surface area contributed by atoms with Crippen LogP contribution in [0, 0.1) is 0 Å². The Labute approximate surface area is 121 Å². The summed E-state index contributed by atoms with van der Waals surface area (Å²) < 4.78 is 11.4. The van der Waals surface area contributed by atoms with Crippen LogP contribution in [0.2, 0.25) is 0 Å². The van der Waals surface area contributed by atoms with E-state index in [0.717, 1.165) is 43.9 Å². The number of halogens is 1. The molecule has 0 amide bonds. The molecule has 106 valence electrons. The van der Waals surface area contributed by atoms with Crippen LogP contribution in [0.3, 0.4) is 0 Å². The van der Waals surface area contributed by atoms with Crippen molar-refractivity contribution in [3.05, 3.63) is 36.4 Å². The van der Waals surface area contributed by atoms with Gasteiger partial charge >= 0.3 is 0 Å². The molecule has 0 saturated carbocycles. The summed E-state index contributed by atoms with van der Waals surface area (Å²) in [6.07, 6.45) is 5.15. The van der Waals surface area contributed by atoms with Gasteiger partial charge in [0.15, 0.2) is 11.5 Å². The monoisotopic (exact) mass is 283 g/mol. The molecule has 0 bridgehead atoms. The molecular formula is C15H22ClNO2. The number of ether oxygens (including phenoxy) is 2. The van der Waals surface area contributed by atoms with E-state index in [9.17, 15) is 0 Å².